The molecule has 0 saturated heterocycles. The van der Waals surface area contributed by atoms with E-state index in [9.17, 15) is 0 Å². The van der Waals surface area contributed by atoms with Crippen LogP contribution in [0, 0.1) is 0 Å². The zero-order valence-corrected chi connectivity index (χ0v) is 9.87. The predicted molar refractivity (Wildman–Crippen MR) is 64.5 cm³/mol. The Balaban J connectivity index is 1.84. The molecule has 0 radical (unpaired) electrons. The summed E-state index contributed by atoms with van der Waals surface area (Å²) in [5.41, 5.74) is 1.07. The van der Waals surface area contributed by atoms with Gasteiger partial charge in [0.05, 0.1) is 12.7 Å². The lowest BCUT2D eigenvalue weighted by Gasteiger charge is -2.06. The van der Waals surface area contributed by atoms with E-state index in [0.29, 0.717) is 0 Å². The van der Waals surface area contributed by atoms with Crippen molar-refractivity contribution in [2.45, 2.75) is 26.3 Å². The van der Waals surface area contributed by atoms with Crippen molar-refractivity contribution in [1.29, 1.82) is 0 Å². The summed E-state index contributed by atoms with van der Waals surface area (Å²) in [6.07, 6.45) is 7.19. The molecule has 90 valence electrons. The Kier molecular flexibility index (Phi) is 4.01. The van der Waals surface area contributed by atoms with Crippen LogP contribution in [0.2, 0.25) is 0 Å². The number of nitrogens with one attached hydrogen (secondary N) is 1. The highest BCUT2D eigenvalue weighted by Crippen LogP contribution is 2.05. The maximum atomic E-state index is 4.21. The van der Waals surface area contributed by atoms with Crippen molar-refractivity contribution in [3.63, 3.8) is 0 Å². The Labute approximate surface area is 100 Å². The molecule has 2 heterocycles. The average molecular weight is 232 g/mol. The van der Waals surface area contributed by atoms with Gasteiger partial charge in [0.25, 0.3) is 0 Å². The van der Waals surface area contributed by atoms with Gasteiger partial charge in [-0.15, -0.1) is 5.10 Å². The molecule has 0 aliphatic heterocycles. The number of anilines is 1. The van der Waals surface area contributed by atoms with E-state index in [4.69, 9.17) is 0 Å². The number of aryl methyl sites for hydroxylation is 1. The maximum Gasteiger partial charge on any atom is 0.129 e. The van der Waals surface area contributed by atoms with E-state index in [1.807, 2.05) is 12.3 Å². The lowest BCUT2D eigenvalue weighted by molar-refractivity contribution is 0.608. The van der Waals surface area contributed by atoms with E-state index in [1.165, 1.54) is 0 Å². The molecule has 0 saturated carbocycles. The average Bonchev–Trinajstić information content (AvgIpc) is 2.83. The van der Waals surface area contributed by atoms with Gasteiger partial charge in [0.1, 0.15) is 12.1 Å². The number of hydrogen-bond donors (Lipinski definition) is 1. The van der Waals surface area contributed by atoms with Crippen LogP contribution >= 0.6 is 0 Å². The first-order valence-electron chi connectivity index (χ1n) is 5.77. The maximum absolute atomic E-state index is 4.21. The second-order valence-corrected chi connectivity index (χ2v) is 3.74. The second-order valence-electron chi connectivity index (χ2n) is 3.74. The molecule has 17 heavy (non-hydrogen) atoms. The number of rotatable bonds is 6. The van der Waals surface area contributed by atoms with E-state index in [2.05, 4.69) is 32.5 Å². The van der Waals surface area contributed by atoms with Crippen LogP contribution in [0.3, 0.4) is 0 Å². The molecule has 6 nitrogen and oxygen atoms in total. The Hall–Kier alpha value is -1.98. The molecule has 0 aliphatic carbocycles. The highest BCUT2D eigenvalue weighted by molar-refractivity contribution is 5.34. The fraction of sp³-hybridized carbons (Fsp3) is 0.455. The van der Waals surface area contributed by atoms with Crippen molar-refractivity contribution in [2.75, 3.05) is 11.9 Å². The summed E-state index contributed by atoms with van der Waals surface area (Å²) in [7, 11) is 0. The van der Waals surface area contributed by atoms with E-state index in [-0.39, 0.29) is 0 Å². The van der Waals surface area contributed by atoms with Crippen LogP contribution in [0.25, 0.3) is 0 Å². The molecular formula is C11H16N6. The molecule has 0 aliphatic rings. The van der Waals surface area contributed by atoms with Gasteiger partial charge in [0.15, 0.2) is 0 Å². The first-order valence-corrected chi connectivity index (χ1v) is 5.77. The fourth-order valence-corrected chi connectivity index (χ4v) is 1.54. The summed E-state index contributed by atoms with van der Waals surface area (Å²) in [6.45, 7) is 3.68. The zero-order valence-electron chi connectivity index (χ0n) is 9.87. The number of aromatic nitrogens is 5. The van der Waals surface area contributed by atoms with Gasteiger partial charge in [-0.2, -0.15) is 0 Å². The monoisotopic (exact) mass is 232 g/mol. The van der Waals surface area contributed by atoms with Crippen molar-refractivity contribution < 1.29 is 0 Å². The molecule has 6 heteroatoms. The third-order valence-electron chi connectivity index (χ3n) is 2.35. The molecule has 2 rings (SSSR count). The van der Waals surface area contributed by atoms with E-state index < -0.39 is 0 Å². The molecule has 0 fully saturated rings. The highest BCUT2D eigenvalue weighted by atomic mass is 15.4. The molecule has 0 atom stereocenters. The van der Waals surface area contributed by atoms with Gasteiger partial charge in [-0.25, -0.2) is 9.97 Å². The van der Waals surface area contributed by atoms with Gasteiger partial charge in [-0.3, -0.25) is 4.68 Å². The van der Waals surface area contributed by atoms with Gasteiger partial charge in [-0.05, 0) is 6.42 Å². The third kappa shape index (κ3) is 3.51. The summed E-state index contributed by atoms with van der Waals surface area (Å²) < 4.78 is 1.78. The standard InChI is InChI=1S/C11H16N6/c1-2-3-10-8-11(14-9-13-10)12-4-6-17-7-5-15-16-17/h5,7-9H,2-4,6H2,1H3,(H,12,13,14). The van der Waals surface area contributed by atoms with Crippen molar-refractivity contribution >= 4 is 5.82 Å². The van der Waals surface area contributed by atoms with Gasteiger partial charge >= 0.3 is 0 Å². The largest absolute Gasteiger partial charge is 0.368 e. The van der Waals surface area contributed by atoms with Crippen LogP contribution in [0.1, 0.15) is 19.0 Å². The first kappa shape index (κ1) is 11.5. The van der Waals surface area contributed by atoms with Crippen molar-refractivity contribution in [1.82, 2.24) is 25.0 Å². The fourth-order valence-electron chi connectivity index (χ4n) is 1.54. The van der Waals surface area contributed by atoms with Crippen LogP contribution in [-0.2, 0) is 13.0 Å². The topological polar surface area (TPSA) is 68.5 Å². The minimum absolute atomic E-state index is 0.770. The van der Waals surface area contributed by atoms with Gasteiger partial charge < -0.3 is 5.32 Å². The summed E-state index contributed by atoms with van der Waals surface area (Å²) in [5.74, 6) is 0.864. The molecule has 0 aromatic carbocycles. The first-order chi connectivity index (χ1) is 8.38. The Morgan fingerprint density at radius 1 is 1.35 bits per heavy atom. The lowest BCUT2D eigenvalue weighted by atomic mass is 10.2. The van der Waals surface area contributed by atoms with Gasteiger partial charge in [0, 0.05) is 24.5 Å². The smallest absolute Gasteiger partial charge is 0.129 e. The molecule has 0 bridgehead atoms. The van der Waals surface area contributed by atoms with Crippen LogP contribution in [0.5, 0.6) is 0 Å². The molecule has 0 unspecified atom stereocenters. The van der Waals surface area contributed by atoms with Crippen LogP contribution in [-0.4, -0.2) is 31.5 Å². The summed E-state index contributed by atoms with van der Waals surface area (Å²) in [6, 6.07) is 1.99. The lowest BCUT2D eigenvalue weighted by Crippen LogP contribution is -2.12. The molecule has 2 aromatic heterocycles. The highest BCUT2D eigenvalue weighted by Gasteiger charge is 1.98. The number of nitrogens with zero attached hydrogens (tertiary/aromatic N) is 5. The second kappa shape index (κ2) is 5.93. The quantitative estimate of drug-likeness (QED) is 0.808. The summed E-state index contributed by atoms with van der Waals surface area (Å²) in [5, 5.41) is 10.9. The minimum atomic E-state index is 0.770. The van der Waals surface area contributed by atoms with Crippen LogP contribution < -0.4 is 5.32 Å². The Morgan fingerprint density at radius 3 is 3.06 bits per heavy atom. The van der Waals surface area contributed by atoms with Crippen LogP contribution in [0.4, 0.5) is 5.82 Å². The van der Waals surface area contributed by atoms with Crippen molar-refractivity contribution in [3.05, 3.63) is 30.5 Å². The normalized spacial score (nSPS) is 10.4. The van der Waals surface area contributed by atoms with E-state index in [1.54, 1.807) is 17.2 Å². The molecule has 0 spiro atoms. The molecule has 1 N–H and O–H groups in total. The summed E-state index contributed by atoms with van der Waals surface area (Å²) >= 11 is 0. The predicted octanol–water partition coefficient (Wildman–Crippen LogP) is 1.13. The SMILES string of the molecule is CCCc1cc(NCCn2ccnn2)ncn1. The molecule has 2 aromatic rings. The van der Waals surface area contributed by atoms with Crippen molar-refractivity contribution in [3.8, 4) is 0 Å². The Bertz CT molecular complexity index is 439. The number of hydrogen-bond acceptors (Lipinski definition) is 5. The minimum Gasteiger partial charge on any atom is -0.368 e. The van der Waals surface area contributed by atoms with Gasteiger partial charge in [0.2, 0.25) is 0 Å². The summed E-state index contributed by atoms with van der Waals surface area (Å²) in [4.78, 5) is 8.38. The molecular weight excluding hydrogens is 216 g/mol. The van der Waals surface area contributed by atoms with E-state index in [0.717, 1.165) is 37.4 Å². The van der Waals surface area contributed by atoms with Crippen molar-refractivity contribution in [2.24, 2.45) is 0 Å². The van der Waals surface area contributed by atoms with E-state index >= 15 is 0 Å². The molecule has 0 amide bonds. The van der Waals surface area contributed by atoms with Gasteiger partial charge in [-0.1, -0.05) is 18.6 Å². The zero-order chi connectivity index (χ0) is 11.9. The third-order valence-corrected chi connectivity index (χ3v) is 2.35. The van der Waals surface area contributed by atoms with Crippen LogP contribution in [0.15, 0.2) is 24.8 Å². The Morgan fingerprint density at radius 2 is 2.29 bits per heavy atom.